The first-order valence-corrected chi connectivity index (χ1v) is 3.49. The Labute approximate surface area is 53.2 Å². The van der Waals surface area contributed by atoms with E-state index in [1.807, 2.05) is 0 Å². The summed E-state index contributed by atoms with van der Waals surface area (Å²) >= 11 is 1.31. The molecular weight excluding hydrogens is 120 g/mol. The number of allylic oxidation sites excluding steroid dienone is 1. The number of carbonyl (C=O) groups is 1. The first kappa shape index (κ1) is 5.89. The maximum absolute atomic E-state index is 10.6. The average Bonchev–Trinajstić information content (AvgIpc) is 1.64. The first-order chi connectivity index (χ1) is 3.79. The molecule has 0 bridgehead atoms. The van der Waals surface area contributed by atoms with Gasteiger partial charge in [-0.25, -0.2) is 0 Å². The number of rotatable bonds is 0. The zero-order valence-corrected chi connectivity index (χ0v) is 5.46. The molecule has 0 N–H and O–H groups in total. The summed E-state index contributed by atoms with van der Waals surface area (Å²) < 4.78 is 0. The molecule has 0 unspecified atom stereocenters. The van der Waals surface area contributed by atoms with Crippen molar-refractivity contribution in [3.8, 4) is 0 Å². The molecule has 1 saturated heterocycles. The van der Waals surface area contributed by atoms with Crippen molar-refractivity contribution >= 4 is 16.9 Å². The van der Waals surface area contributed by atoms with E-state index in [1.165, 1.54) is 11.8 Å². The molecule has 1 aliphatic heterocycles. The summed E-state index contributed by atoms with van der Waals surface area (Å²) in [4.78, 5) is 11.6. The third kappa shape index (κ3) is 1.37. The van der Waals surface area contributed by atoms with E-state index in [0.717, 1.165) is 24.2 Å². The number of hydrogen-bond acceptors (Lipinski definition) is 2. The largest absolute Gasteiger partial charge is 0.287 e. The Morgan fingerprint density at radius 2 is 2.25 bits per heavy atom. The van der Waals surface area contributed by atoms with Crippen LogP contribution in [0.2, 0.25) is 0 Å². The van der Waals surface area contributed by atoms with Crippen molar-refractivity contribution in [1.29, 1.82) is 0 Å². The minimum Gasteiger partial charge on any atom is -0.287 e. The van der Waals surface area contributed by atoms with E-state index in [2.05, 4.69) is 6.58 Å². The summed E-state index contributed by atoms with van der Waals surface area (Å²) in [7, 11) is 0. The lowest BCUT2D eigenvalue weighted by Crippen LogP contribution is -1.97. The van der Waals surface area contributed by atoms with Crippen LogP contribution in [0, 0.1) is 0 Å². The van der Waals surface area contributed by atoms with Crippen LogP contribution < -0.4 is 0 Å². The van der Waals surface area contributed by atoms with Crippen molar-refractivity contribution in [1.82, 2.24) is 0 Å². The third-order valence-corrected chi connectivity index (χ3v) is 2.02. The van der Waals surface area contributed by atoms with E-state index in [-0.39, 0.29) is 5.12 Å². The predicted octanol–water partition coefficient (Wildman–Crippen LogP) is 1.94. The van der Waals surface area contributed by atoms with Gasteiger partial charge < -0.3 is 0 Å². The lowest BCUT2D eigenvalue weighted by Gasteiger charge is -2.08. The maximum atomic E-state index is 10.6. The summed E-state index contributed by atoms with van der Waals surface area (Å²) in [6.45, 7) is 3.71. The lowest BCUT2D eigenvalue weighted by molar-refractivity contribution is -0.111. The van der Waals surface area contributed by atoms with E-state index in [1.54, 1.807) is 0 Å². The molecule has 0 aliphatic carbocycles. The van der Waals surface area contributed by atoms with Crippen molar-refractivity contribution in [3.63, 3.8) is 0 Å². The van der Waals surface area contributed by atoms with Gasteiger partial charge in [-0.1, -0.05) is 18.3 Å². The molecular formula is C6H8OS. The molecule has 0 aromatic carbocycles. The van der Waals surface area contributed by atoms with Crippen molar-refractivity contribution in [2.24, 2.45) is 0 Å². The van der Waals surface area contributed by atoms with Crippen LogP contribution in [0.1, 0.15) is 19.3 Å². The fourth-order valence-corrected chi connectivity index (χ4v) is 1.51. The zero-order chi connectivity index (χ0) is 5.98. The van der Waals surface area contributed by atoms with Gasteiger partial charge >= 0.3 is 0 Å². The molecule has 0 amide bonds. The van der Waals surface area contributed by atoms with Crippen LogP contribution in [0.15, 0.2) is 11.5 Å². The molecule has 0 spiro atoms. The minimum absolute atomic E-state index is 0.279. The van der Waals surface area contributed by atoms with Gasteiger partial charge in [-0.05, 0) is 17.7 Å². The normalized spacial score (nSPS) is 21.5. The molecule has 1 aliphatic rings. The zero-order valence-electron chi connectivity index (χ0n) is 4.64. The Bertz CT molecular complexity index is 114. The van der Waals surface area contributed by atoms with E-state index >= 15 is 0 Å². The van der Waals surface area contributed by atoms with Gasteiger partial charge in [-0.2, -0.15) is 0 Å². The maximum Gasteiger partial charge on any atom is 0.193 e. The van der Waals surface area contributed by atoms with E-state index in [0.29, 0.717) is 0 Å². The Morgan fingerprint density at radius 3 is 2.62 bits per heavy atom. The Kier molecular flexibility index (Phi) is 1.73. The molecule has 1 fully saturated rings. The van der Waals surface area contributed by atoms with Gasteiger partial charge in [0.1, 0.15) is 0 Å². The van der Waals surface area contributed by atoms with E-state index in [9.17, 15) is 4.79 Å². The molecule has 0 radical (unpaired) electrons. The Hall–Kier alpha value is -0.240. The summed E-state index contributed by atoms with van der Waals surface area (Å²) in [6, 6.07) is 0. The van der Waals surface area contributed by atoms with Crippen LogP contribution in [-0.4, -0.2) is 5.12 Å². The monoisotopic (exact) mass is 128 g/mol. The fraction of sp³-hybridized carbons (Fsp3) is 0.500. The second-order valence-electron chi connectivity index (χ2n) is 1.87. The molecule has 0 aromatic heterocycles. The second-order valence-corrected chi connectivity index (χ2v) is 3.10. The highest BCUT2D eigenvalue weighted by atomic mass is 32.2. The molecule has 1 nitrogen and oxygen atoms in total. The molecule has 2 heteroatoms. The van der Waals surface area contributed by atoms with Gasteiger partial charge in [0, 0.05) is 6.42 Å². The molecule has 0 atom stereocenters. The molecule has 1 heterocycles. The third-order valence-electron chi connectivity index (χ3n) is 1.09. The van der Waals surface area contributed by atoms with E-state index in [4.69, 9.17) is 0 Å². The topological polar surface area (TPSA) is 17.1 Å². The van der Waals surface area contributed by atoms with Gasteiger partial charge in [0.05, 0.1) is 0 Å². The standard InChI is InChI=1S/C6H8OS/c1-5-3-2-4-6(7)8-5/h1-4H2. The van der Waals surface area contributed by atoms with Crippen LogP contribution in [0.4, 0.5) is 0 Å². The van der Waals surface area contributed by atoms with Gasteiger partial charge in [-0.3, -0.25) is 4.79 Å². The average molecular weight is 128 g/mol. The predicted molar refractivity (Wildman–Crippen MR) is 35.6 cm³/mol. The minimum atomic E-state index is 0.279. The summed E-state index contributed by atoms with van der Waals surface area (Å²) in [5.74, 6) is 0. The smallest absolute Gasteiger partial charge is 0.193 e. The molecule has 44 valence electrons. The van der Waals surface area contributed by atoms with Gasteiger partial charge in [0.2, 0.25) is 0 Å². The highest BCUT2D eigenvalue weighted by Gasteiger charge is 2.10. The SMILES string of the molecule is C=C1CCCC(=O)S1. The summed E-state index contributed by atoms with van der Waals surface area (Å²) in [6.07, 6.45) is 2.77. The van der Waals surface area contributed by atoms with Crippen LogP contribution in [0.5, 0.6) is 0 Å². The number of carbonyl (C=O) groups excluding carboxylic acids is 1. The summed E-state index contributed by atoms with van der Waals surface area (Å²) in [5.41, 5.74) is 0. The number of thioether (sulfide) groups is 1. The number of hydrogen-bond donors (Lipinski definition) is 0. The first-order valence-electron chi connectivity index (χ1n) is 2.67. The molecule has 8 heavy (non-hydrogen) atoms. The molecule has 1 rings (SSSR count). The van der Waals surface area contributed by atoms with Gasteiger partial charge in [0.15, 0.2) is 5.12 Å². The second kappa shape index (κ2) is 2.35. The van der Waals surface area contributed by atoms with Gasteiger partial charge in [0.25, 0.3) is 0 Å². The van der Waals surface area contributed by atoms with Crippen LogP contribution in [0.25, 0.3) is 0 Å². The van der Waals surface area contributed by atoms with Crippen molar-refractivity contribution < 1.29 is 4.79 Å². The Morgan fingerprint density at radius 1 is 1.50 bits per heavy atom. The van der Waals surface area contributed by atoms with Crippen molar-refractivity contribution in [2.75, 3.05) is 0 Å². The van der Waals surface area contributed by atoms with Crippen molar-refractivity contribution in [2.45, 2.75) is 19.3 Å². The molecule has 0 aromatic rings. The summed E-state index contributed by atoms with van der Waals surface area (Å²) in [5, 5.41) is 0.279. The van der Waals surface area contributed by atoms with Crippen molar-refractivity contribution in [3.05, 3.63) is 11.5 Å². The lowest BCUT2D eigenvalue weighted by atomic mass is 10.2. The van der Waals surface area contributed by atoms with E-state index < -0.39 is 0 Å². The van der Waals surface area contributed by atoms with Crippen LogP contribution >= 0.6 is 11.8 Å². The highest BCUT2D eigenvalue weighted by Crippen LogP contribution is 2.27. The molecule has 0 saturated carbocycles. The fourth-order valence-electron chi connectivity index (χ4n) is 0.693. The van der Waals surface area contributed by atoms with Gasteiger partial charge in [-0.15, -0.1) is 0 Å². The quantitative estimate of drug-likeness (QED) is 0.496. The highest BCUT2D eigenvalue weighted by molar-refractivity contribution is 8.17. The Balaban J connectivity index is 2.45. The van der Waals surface area contributed by atoms with Crippen LogP contribution in [0.3, 0.4) is 0 Å². The van der Waals surface area contributed by atoms with Crippen LogP contribution in [-0.2, 0) is 4.79 Å².